The number of pyridine rings is 1. The van der Waals surface area contributed by atoms with Crippen LogP contribution in [0, 0.1) is 0 Å². The first-order valence-corrected chi connectivity index (χ1v) is 7.77. The van der Waals surface area contributed by atoms with E-state index in [1.807, 2.05) is 6.07 Å². The SMILES string of the molecule is [Cl-].[Cl-].[Cr+2][C]1=Cc2ccccc2C1Cc1ccc2ccccc2n1. The zero-order valence-corrected chi connectivity index (χ0v) is 15.0. The van der Waals surface area contributed by atoms with Gasteiger partial charge in [0.05, 0.1) is 0 Å². The molecule has 0 bridgehead atoms. The van der Waals surface area contributed by atoms with E-state index in [9.17, 15) is 0 Å². The molecule has 0 fully saturated rings. The zero-order chi connectivity index (χ0) is 14.2. The molecule has 2 aromatic carbocycles. The molecule has 0 saturated heterocycles. The second-order valence-electron chi connectivity index (χ2n) is 5.43. The molecular formula is C19H14Cl2CrN. The third-order valence-corrected chi connectivity index (χ3v) is 4.71. The fraction of sp³-hybridized carbons (Fsp3) is 0.105. The van der Waals surface area contributed by atoms with Gasteiger partial charge in [0, 0.05) is 0 Å². The fourth-order valence-electron chi connectivity index (χ4n) is 3.01. The molecule has 0 spiro atoms. The molecule has 23 heavy (non-hydrogen) atoms. The Morgan fingerprint density at radius 1 is 0.870 bits per heavy atom. The van der Waals surface area contributed by atoms with Gasteiger partial charge >= 0.3 is 133 Å². The van der Waals surface area contributed by atoms with Crippen molar-refractivity contribution < 1.29 is 41.1 Å². The van der Waals surface area contributed by atoms with Crippen molar-refractivity contribution in [2.45, 2.75) is 12.3 Å². The van der Waals surface area contributed by atoms with Gasteiger partial charge in [0.1, 0.15) is 0 Å². The summed E-state index contributed by atoms with van der Waals surface area (Å²) < 4.78 is 1.31. The second kappa shape index (κ2) is 7.51. The van der Waals surface area contributed by atoms with Crippen LogP contribution < -0.4 is 24.8 Å². The number of para-hydroxylation sites is 1. The molecule has 3 aromatic rings. The number of hydrogen-bond acceptors (Lipinski definition) is 1. The number of benzene rings is 2. The van der Waals surface area contributed by atoms with Crippen LogP contribution in [0.1, 0.15) is 22.7 Å². The first kappa shape index (κ1) is 18.0. The first-order valence-electron chi connectivity index (χ1n) is 7.13. The van der Waals surface area contributed by atoms with E-state index in [0.717, 1.165) is 17.6 Å². The van der Waals surface area contributed by atoms with Crippen LogP contribution in [0.4, 0.5) is 0 Å². The van der Waals surface area contributed by atoms with Crippen molar-refractivity contribution in [2.75, 3.05) is 0 Å². The summed E-state index contributed by atoms with van der Waals surface area (Å²) in [6.45, 7) is 0. The van der Waals surface area contributed by atoms with Gasteiger partial charge in [-0.15, -0.1) is 0 Å². The second-order valence-corrected chi connectivity index (χ2v) is 6.16. The topological polar surface area (TPSA) is 12.9 Å². The Kier molecular flexibility index (Phi) is 5.90. The summed E-state index contributed by atoms with van der Waals surface area (Å²) in [6.07, 6.45) is 3.20. The molecule has 1 atom stereocenters. The van der Waals surface area contributed by atoms with E-state index in [1.54, 1.807) is 0 Å². The molecule has 1 aliphatic rings. The number of halogens is 2. The molecule has 0 radical (unpaired) electrons. The van der Waals surface area contributed by atoms with E-state index >= 15 is 0 Å². The van der Waals surface area contributed by atoms with Gasteiger partial charge in [-0.05, 0) is 0 Å². The Labute approximate surface area is 157 Å². The predicted octanol–water partition coefficient (Wildman–Crippen LogP) is -1.53. The van der Waals surface area contributed by atoms with Gasteiger partial charge in [0.25, 0.3) is 0 Å². The number of fused-ring (bicyclic) bond motifs is 2. The third-order valence-electron chi connectivity index (χ3n) is 4.08. The molecule has 4 rings (SSSR count). The molecule has 1 aromatic heterocycles. The van der Waals surface area contributed by atoms with Crippen molar-refractivity contribution in [3.8, 4) is 0 Å². The van der Waals surface area contributed by atoms with Gasteiger partial charge in [0.15, 0.2) is 0 Å². The van der Waals surface area contributed by atoms with Crippen LogP contribution in [0.2, 0.25) is 0 Å². The molecule has 0 saturated carbocycles. The Hall–Kier alpha value is -1.30. The van der Waals surface area contributed by atoms with E-state index in [1.165, 1.54) is 20.9 Å². The minimum absolute atomic E-state index is 0. The van der Waals surface area contributed by atoms with Crippen molar-refractivity contribution in [3.63, 3.8) is 0 Å². The monoisotopic (exact) mass is 378 g/mol. The Bertz CT molecular complexity index is 861. The molecular weight excluding hydrogens is 365 g/mol. The van der Waals surface area contributed by atoms with Gasteiger partial charge in [-0.1, -0.05) is 0 Å². The van der Waals surface area contributed by atoms with Crippen LogP contribution in [0.15, 0.2) is 65.1 Å². The van der Waals surface area contributed by atoms with Gasteiger partial charge in [0.2, 0.25) is 0 Å². The summed E-state index contributed by atoms with van der Waals surface area (Å²) in [5, 5.41) is 1.20. The summed E-state index contributed by atoms with van der Waals surface area (Å²) in [7, 11) is 0. The molecule has 4 heteroatoms. The summed E-state index contributed by atoms with van der Waals surface area (Å²) in [5.41, 5.74) is 4.96. The zero-order valence-electron chi connectivity index (χ0n) is 12.2. The number of rotatable bonds is 2. The maximum absolute atomic E-state index is 4.80. The van der Waals surface area contributed by atoms with Gasteiger partial charge in [-0.25, -0.2) is 0 Å². The molecule has 1 nitrogen and oxygen atoms in total. The predicted molar refractivity (Wildman–Crippen MR) is 82.6 cm³/mol. The Morgan fingerprint density at radius 2 is 1.61 bits per heavy atom. The van der Waals surface area contributed by atoms with Crippen molar-refractivity contribution in [1.29, 1.82) is 0 Å². The average molecular weight is 379 g/mol. The van der Waals surface area contributed by atoms with Crippen LogP contribution >= 0.6 is 0 Å². The van der Waals surface area contributed by atoms with Crippen LogP contribution in [-0.2, 0) is 22.7 Å². The normalized spacial score (nSPS) is 15.3. The molecule has 0 aliphatic heterocycles. The van der Waals surface area contributed by atoms with Gasteiger partial charge in [-0.3, -0.25) is 0 Å². The summed E-state index contributed by atoms with van der Waals surface area (Å²) >= 11 is 3.23. The Balaban J connectivity index is 0.000000960. The molecule has 1 aliphatic carbocycles. The van der Waals surface area contributed by atoms with E-state index < -0.39 is 0 Å². The van der Waals surface area contributed by atoms with Crippen LogP contribution in [-0.4, -0.2) is 4.98 Å². The van der Waals surface area contributed by atoms with E-state index in [-0.39, 0.29) is 24.8 Å². The number of hydrogen-bond donors (Lipinski definition) is 0. The van der Waals surface area contributed by atoms with Crippen molar-refractivity contribution >= 4 is 17.0 Å². The van der Waals surface area contributed by atoms with Crippen LogP contribution in [0.5, 0.6) is 0 Å². The van der Waals surface area contributed by atoms with Crippen molar-refractivity contribution in [2.24, 2.45) is 0 Å². The molecule has 115 valence electrons. The third kappa shape index (κ3) is 3.47. The minimum atomic E-state index is 0. The molecule has 1 heterocycles. The first-order chi connectivity index (χ1) is 10.3. The molecule has 0 amide bonds. The summed E-state index contributed by atoms with van der Waals surface area (Å²) in [5.74, 6) is 0.412. The van der Waals surface area contributed by atoms with Crippen molar-refractivity contribution in [1.82, 2.24) is 4.98 Å². The fourth-order valence-corrected chi connectivity index (χ4v) is 3.54. The number of nitrogens with zero attached hydrogens (tertiary/aromatic N) is 1. The van der Waals surface area contributed by atoms with E-state index in [0.29, 0.717) is 5.92 Å². The molecule has 1 unspecified atom stereocenters. The quantitative estimate of drug-likeness (QED) is 0.527. The van der Waals surface area contributed by atoms with Crippen molar-refractivity contribution in [3.05, 3.63) is 81.9 Å². The average Bonchev–Trinajstić information content (AvgIpc) is 2.83. The van der Waals surface area contributed by atoms with Crippen LogP contribution in [0.25, 0.3) is 17.0 Å². The van der Waals surface area contributed by atoms with Gasteiger partial charge in [-0.2, -0.15) is 0 Å². The van der Waals surface area contributed by atoms with E-state index in [2.05, 4.69) is 77.0 Å². The number of allylic oxidation sites excluding steroid dienone is 1. The standard InChI is InChI=1S/C19H14N.2ClH.Cr/c1-3-7-18-14(5-1)9-10-16(18)13-17-12-11-15-6-2-4-8-19(15)20-17;;;/h1-9,11-12,16H,13H2;2*1H;/q;;;+2/p-2. The number of aromatic nitrogens is 1. The maximum atomic E-state index is 4.80. The van der Waals surface area contributed by atoms with Gasteiger partial charge < -0.3 is 24.8 Å². The van der Waals surface area contributed by atoms with Crippen LogP contribution in [0.3, 0.4) is 0 Å². The van der Waals surface area contributed by atoms with E-state index in [4.69, 9.17) is 4.98 Å². The molecule has 0 N–H and O–H groups in total. The Morgan fingerprint density at radius 3 is 2.48 bits per heavy atom. The summed E-state index contributed by atoms with van der Waals surface area (Å²) in [4.78, 5) is 4.80. The summed E-state index contributed by atoms with van der Waals surface area (Å²) in [6, 6.07) is 21.2.